The van der Waals surface area contributed by atoms with Crippen molar-refractivity contribution in [3.63, 3.8) is 0 Å². The zero-order valence-corrected chi connectivity index (χ0v) is 11.4. The second-order valence-electron chi connectivity index (χ2n) is 4.29. The SMILES string of the molecule is CC(C)C#CCOCCNc1ccc(NC=O)cc1. The third-order valence-corrected chi connectivity index (χ3v) is 2.25. The molecule has 1 aromatic rings. The van der Waals surface area contributed by atoms with E-state index in [0.717, 1.165) is 17.9 Å². The molecule has 0 unspecified atom stereocenters. The van der Waals surface area contributed by atoms with Gasteiger partial charge in [0, 0.05) is 23.8 Å². The molecule has 2 N–H and O–H groups in total. The summed E-state index contributed by atoms with van der Waals surface area (Å²) in [6.07, 6.45) is 0.661. The molecular weight excluding hydrogens is 240 g/mol. The van der Waals surface area contributed by atoms with Gasteiger partial charge in [0.25, 0.3) is 0 Å². The molecule has 1 amide bonds. The van der Waals surface area contributed by atoms with Crippen LogP contribution in [0.3, 0.4) is 0 Å². The lowest BCUT2D eigenvalue weighted by molar-refractivity contribution is -0.105. The molecule has 0 saturated heterocycles. The largest absolute Gasteiger partial charge is 0.383 e. The van der Waals surface area contributed by atoms with E-state index < -0.39 is 0 Å². The van der Waals surface area contributed by atoms with Gasteiger partial charge in [-0.05, 0) is 24.3 Å². The van der Waals surface area contributed by atoms with Gasteiger partial charge in [0.15, 0.2) is 0 Å². The van der Waals surface area contributed by atoms with Crippen LogP contribution in [-0.4, -0.2) is 26.2 Å². The van der Waals surface area contributed by atoms with Gasteiger partial charge in [0.1, 0.15) is 6.61 Å². The van der Waals surface area contributed by atoms with E-state index in [4.69, 9.17) is 4.74 Å². The summed E-state index contributed by atoms with van der Waals surface area (Å²) >= 11 is 0. The fourth-order valence-corrected chi connectivity index (χ4v) is 1.39. The minimum absolute atomic E-state index is 0.389. The first kappa shape index (κ1) is 15.1. The third kappa shape index (κ3) is 7.12. The van der Waals surface area contributed by atoms with Gasteiger partial charge in [0.2, 0.25) is 6.41 Å². The fraction of sp³-hybridized carbons (Fsp3) is 0.400. The minimum Gasteiger partial charge on any atom is -0.383 e. The Morgan fingerprint density at radius 2 is 1.95 bits per heavy atom. The van der Waals surface area contributed by atoms with Crippen LogP contribution in [0.5, 0.6) is 0 Å². The molecule has 0 radical (unpaired) electrons. The van der Waals surface area contributed by atoms with E-state index in [1.165, 1.54) is 0 Å². The average Bonchev–Trinajstić information content (AvgIpc) is 2.39. The highest BCUT2D eigenvalue weighted by molar-refractivity contribution is 5.72. The summed E-state index contributed by atoms with van der Waals surface area (Å²) in [6.45, 7) is 5.92. The summed E-state index contributed by atoms with van der Waals surface area (Å²) in [5.74, 6) is 6.39. The van der Waals surface area contributed by atoms with Crippen molar-refractivity contribution in [1.82, 2.24) is 0 Å². The summed E-state index contributed by atoms with van der Waals surface area (Å²) in [4.78, 5) is 10.2. The number of benzene rings is 1. The Morgan fingerprint density at radius 3 is 2.58 bits per heavy atom. The van der Waals surface area contributed by atoms with E-state index in [1.54, 1.807) is 0 Å². The van der Waals surface area contributed by atoms with Gasteiger partial charge in [-0.3, -0.25) is 4.79 Å². The lowest BCUT2D eigenvalue weighted by atomic mass is 10.2. The van der Waals surface area contributed by atoms with Crippen LogP contribution in [0.4, 0.5) is 11.4 Å². The molecule has 0 heterocycles. The molecule has 0 bridgehead atoms. The number of carbonyl (C=O) groups is 1. The van der Waals surface area contributed by atoms with Gasteiger partial charge in [0.05, 0.1) is 6.61 Å². The summed E-state index contributed by atoms with van der Waals surface area (Å²) in [5, 5.41) is 5.81. The average molecular weight is 260 g/mol. The van der Waals surface area contributed by atoms with Crippen molar-refractivity contribution in [3.8, 4) is 11.8 Å². The maximum atomic E-state index is 10.2. The number of hydrogen-bond donors (Lipinski definition) is 2. The molecule has 0 atom stereocenters. The van der Waals surface area contributed by atoms with Crippen LogP contribution in [0.25, 0.3) is 0 Å². The fourth-order valence-electron chi connectivity index (χ4n) is 1.39. The quantitative estimate of drug-likeness (QED) is 0.449. The number of anilines is 2. The van der Waals surface area contributed by atoms with Crippen LogP contribution >= 0.6 is 0 Å². The second-order valence-corrected chi connectivity index (χ2v) is 4.29. The molecule has 1 aromatic carbocycles. The van der Waals surface area contributed by atoms with Gasteiger partial charge >= 0.3 is 0 Å². The number of nitrogens with one attached hydrogen (secondary N) is 2. The third-order valence-electron chi connectivity index (χ3n) is 2.25. The monoisotopic (exact) mass is 260 g/mol. The number of carbonyl (C=O) groups excluding carboxylic acids is 1. The topological polar surface area (TPSA) is 50.4 Å². The van der Waals surface area contributed by atoms with Crippen LogP contribution in [0.2, 0.25) is 0 Å². The van der Waals surface area contributed by atoms with Gasteiger partial charge in [-0.2, -0.15) is 0 Å². The van der Waals surface area contributed by atoms with Crippen LogP contribution in [0.1, 0.15) is 13.8 Å². The maximum Gasteiger partial charge on any atom is 0.211 e. The van der Waals surface area contributed by atoms with Crippen molar-refractivity contribution in [2.45, 2.75) is 13.8 Å². The first-order valence-corrected chi connectivity index (χ1v) is 6.32. The smallest absolute Gasteiger partial charge is 0.211 e. The molecule has 0 saturated carbocycles. The molecule has 0 spiro atoms. The van der Waals surface area contributed by atoms with E-state index in [-0.39, 0.29) is 0 Å². The van der Waals surface area contributed by atoms with Crippen molar-refractivity contribution in [2.75, 3.05) is 30.4 Å². The molecule has 0 aromatic heterocycles. The summed E-state index contributed by atoms with van der Waals surface area (Å²) in [6, 6.07) is 7.49. The standard InChI is InChI=1S/C15H20N2O2/c1-13(2)4-3-10-19-11-9-16-14-5-7-15(8-6-14)17-12-18/h5-8,12-13,16H,9-11H2,1-2H3,(H,17,18). The Balaban J connectivity index is 2.16. The second kappa shape index (κ2) is 9.01. The Labute approximate surface area is 114 Å². The predicted molar refractivity (Wildman–Crippen MR) is 78.1 cm³/mol. The molecule has 102 valence electrons. The Kier molecular flexibility index (Phi) is 7.14. The number of ether oxygens (including phenoxy) is 1. The van der Waals surface area contributed by atoms with Crippen molar-refractivity contribution in [1.29, 1.82) is 0 Å². The van der Waals surface area contributed by atoms with Crippen LogP contribution in [0, 0.1) is 17.8 Å². The molecule has 1 rings (SSSR count). The molecular formula is C15H20N2O2. The zero-order chi connectivity index (χ0) is 13.9. The zero-order valence-electron chi connectivity index (χ0n) is 11.4. The lowest BCUT2D eigenvalue weighted by Gasteiger charge is -2.06. The highest BCUT2D eigenvalue weighted by Crippen LogP contribution is 2.12. The number of amides is 1. The molecule has 4 heteroatoms. The van der Waals surface area contributed by atoms with Crippen molar-refractivity contribution in [2.24, 2.45) is 5.92 Å². The van der Waals surface area contributed by atoms with Crippen LogP contribution < -0.4 is 10.6 Å². The summed E-state index contributed by atoms with van der Waals surface area (Å²) in [5.41, 5.74) is 1.77. The lowest BCUT2D eigenvalue weighted by Crippen LogP contribution is -2.09. The minimum atomic E-state index is 0.389. The highest BCUT2D eigenvalue weighted by Gasteiger charge is 1.93. The van der Waals surface area contributed by atoms with Crippen LogP contribution in [0.15, 0.2) is 24.3 Å². The number of rotatable bonds is 7. The van der Waals surface area contributed by atoms with E-state index in [9.17, 15) is 4.79 Å². The molecule has 4 nitrogen and oxygen atoms in total. The molecule has 0 fully saturated rings. The van der Waals surface area contributed by atoms with Crippen molar-refractivity contribution >= 4 is 17.8 Å². The molecule has 19 heavy (non-hydrogen) atoms. The Hall–Kier alpha value is -1.99. The van der Waals surface area contributed by atoms with E-state index in [2.05, 4.69) is 36.3 Å². The molecule has 0 aliphatic rings. The van der Waals surface area contributed by atoms with E-state index in [1.807, 2.05) is 24.3 Å². The normalized spacial score (nSPS) is 9.63. The van der Waals surface area contributed by atoms with E-state index >= 15 is 0 Å². The van der Waals surface area contributed by atoms with Gasteiger partial charge in [-0.25, -0.2) is 0 Å². The van der Waals surface area contributed by atoms with Crippen LogP contribution in [-0.2, 0) is 9.53 Å². The van der Waals surface area contributed by atoms with E-state index in [0.29, 0.717) is 25.5 Å². The first-order chi connectivity index (χ1) is 9.22. The molecule has 0 aliphatic carbocycles. The number of hydrogen-bond acceptors (Lipinski definition) is 3. The predicted octanol–water partition coefficient (Wildman–Crippen LogP) is 2.34. The van der Waals surface area contributed by atoms with Gasteiger partial charge < -0.3 is 15.4 Å². The van der Waals surface area contributed by atoms with Crippen molar-refractivity contribution in [3.05, 3.63) is 24.3 Å². The maximum absolute atomic E-state index is 10.2. The first-order valence-electron chi connectivity index (χ1n) is 6.32. The highest BCUT2D eigenvalue weighted by atomic mass is 16.5. The van der Waals surface area contributed by atoms with Gasteiger partial charge in [-0.15, -0.1) is 0 Å². The molecule has 0 aliphatic heterocycles. The Bertz CT molecular complexity index is 430. The summed E-state index contributed by atoms with van der Waals surface area (Å²) < 4.78 is 5.37. The van der Waals surface area contributed by atoms with Gasteiger partial charge in [-0.1, -0.05) is 25.7 Å². The Morgan fingerprint density at radius 1 is 1.26 bits per heavy atom. The van der Waals surface area contributed by atoms with Crippen molar-refractivity contribution < 1.29 is 9.53 Å². The summed E-state index contributed by atoms with van der Waals surface area (Å²) in [7, 11) is 0.